The highest BCUT2D eigenvalue weighted by Crippen LogP contribution is 2.19. The van der Waals surface area contributed by atoms with Gasteiger partial charge in [0.05, 0.1) is 28.8 Å². The molecule has 1 aliphatic heterocycles. The third kappa shape index (κ3) is 3.71. The maximum Gasteiger partial charge on any atom is 0.254 e. The third-order valence-electron chi connectivity index (χ3n) is 4.60. The zero-order valence-corrected chi connectivity index (χ0v) is 15.0. The number of hydrogen-bond acceptors (Lipinski definition) is 4. The average Bonchev–Trinajstić information content (AvgIpc) is 3.07. The summed E-state index contributed by atoms with van der Waals surface area (Å²) in [5.41, 5.74) is 2.63. The number of benzene rings is 2. The first kappa shape index (κ1) is 17.7. The van der Waals surface area contributed by atoms with Crippen molar-refractivity contribution in [3.05, 3.63) is 59.9 Å². The number of nitrogens with zero attached hydrogens (tertiary/aromatic N) is 1. The number of carbonyl (C=O) groups excluding carboxylic acids is 3. The van der Waals surface area contributed by atoms with Crippen LogP contribution in [0, 0.1) is 0 Å². The highest BCUT2D eigenvalue weighted by atomic mass is 16.2. The van der Waals surface area contributed by atoms with Crippen molar-refractivity contribution in [2.75, 3.05) is 5.32 Å². The highest BCUT2D eigenvalue weighted by Gasteiger charge is 2.27. The van der Waals surface area contributed by atoms with E-state index in [4.69, 9.17) is 0 Å². The lowest BCUT2D eigenvalue weighted by Gasteiger charge is -2.14. The molecule has 2 heterocycles. The molecule has 28 heavy (non-hydrogen) atoms. The molecule has 3 amide bonds. The van der Waals surface area contributed by atoms with Crippen molar-refractivity contribution in [3.8, 4) is 0 Å². The van der Waals surface area contributed by atoms with Gasteiger partial charge < -0.3 is 20.9 Å². The number of aromatic amines is 1. The number of para-hydroxylation sites is 3. The van der Waals surface area contributed by atoms with Gasteiger partial charge in [-0.3, -0.25) is 14.4 Å². The average molecular weight is 377 g/mol. The van der Waals surface area contributed by atoms with Crippen LogP contribution in [0.4, 0.5) is 5.69 Å². The molecule has 2 aromatic carbocycles. The van der Waals surface area contributed by atoms with Crippen LogP contribution in [0.1, 0.15) is 29.0 Å². The van der Waals surface area contributed by atoms with E-state index in [0.29, 0.717) is 17.1 Å². The third-order valence-corrected chi connectivity index (χ3v) is 4.60. The number of rotatable bonds is 5. The number of carbonyl (C=O) groups is 3. The lowest BCUT2D eigenvalue weighted by Crippen LogP contribution is -2.42. The van der Waals surface area contributed by atoms with E-state index in [2.05, 4.69) is 25.9 Å². The molecule has 1 aliphatic rings. The second kappa shape index (κ2) is 7.51. The molecule has 0 saturated heterocycles. The fraction of sp³-hybridized carbons (Fsp3) is 0.200. The van der Waals surface area contributed by atoms with Crippen molar-refractivity contribution >= 4 is 34.4 Å². The van der Waals surface area contributed by atoms with E-state index < -0.39 is 6.04 Å². The largest absolute Gasteiger partial charge is 0.349 e. The van der Waals surface area contributed by atoms with Crippen LogP contribution in [0.25, 0.3) is 11.0 Å². The predicted molar refractivity (Wildman–Crippen MR) is 104 cm³/mol. The van der Waals surface area contributed by atoms with Crippen molar-refractivity contribution in [2.45, 2.75) is 25.4 Å². The van der Waals surface area contributed by atoms with Crippen LogP contribution >= 0.6 is 0 Å². The lowest BCUT2D eigenvalue weighted by molar-refractivity contribution is -0.122. The Balaban J connectivity index is 1.32. The van der Waals surface area contributed by atoms with Crippen LogP contribution in [0.2, 0.25) is 0 Å². The molecule has 0 fully saturated rings. The molecule has 8 heteroatoms. The number of anilines is 1. The summed E-state index contributed by atoms with van der Waals surface area (Å²) < 4.78 is 0. The first-order valence-corrected chi connectivity index (χ1v) is 9.01. The van der Waals surface area contributed by atoms with Crippen molar-refractivity contribution in [3.63, 3.8) is 0 Å². The molecule has 0 spiro atoms. The Hall–Kier alpha value is -3.68. The zero-order valence-electron chi connectivity index (χ0n) is 15.0. The molecule has 0 unspecified atom stereocenters. The number of imidazole rings is 1. The Morgan fingerprint density at radius 3 is 2.71 bits per heavy atom. The van der Waals surface area contributed by atoms with Gasteiger partial charge in [0.1, 0.15) is 11.9 Å². The maximum atomic E-state index is 12.3. The molecule has 1 atom stereocenters. The molecule has 8 nitrogen and oxygen atoms in total. The van der Waals surface area contributed by atoms with Gasteiger partial charge in [-0.25, -0.2) is 4.98 Å². The second-order valence-electron chi connectivity index (χ2n) is 6.58. The van der Waals surface area contributed by atoms with Gasteiger partial charge in [0.25, 0.3) is 5.91 Å². The Morgan fingerprint density at radius 1 is 1.07 bits per heavy atom. The lowest BCUT2D eigenvalue weighted by atomic mass is 10.1. The van der Waals surface area contributed by atoms with Crippen molar-refractivity contribution < 1.29 is 14.4 Å². The number of aromatic nitrogens is 2. The van der Waals surface area contributed by atoms with Crippen LogP contribution in [0.15, 0.2) is 48.5 Å². The number of H-pyrrole nitrogens is 1. The van der Waals surface area contributed by atoms with E-state index in [1.165, 1.54) is 0 Å². The van der Waals surface area contributed by atoms with Crippen molar-refractivity contribution in [1.29, 1.82) is 0 Å². The van der Waals surface area contributed by atoms with E-state index in [9.17, 15) is 14.4 Å². The molecular formula is C20H19N5O3. The summed E-state index contributed by atoms with van der Waals surface area (Å²) >= 11 is 0. The van der Waals surface area contributed by atoms with Gasteiger partial charge in [0.2, 0.25) is 11.8 Å². The standard InChI is InChI=1S/C20H19N5O3/c26-18(21-11-17-22-14-7-3-4-8-15(14)23-17)10-9-16-20(28)24-13-6-2-1-5-12(13)19(27)25-16/h1-8,16H,9-11H2,(H,21,26)(H,22,23)(H,24,28)(H,25,27)/t16-/m0/s1. The molecule has 4 N–H and O–H groups in total. The van der Waals surface area contributed by atoms with Crippen LogP contribution < -0.4 is 16.0 Å². The summed E-state index contributed by atoms with van der Waals surface area (Å²) in [6, 6.07) is 13.7. The summed E-state index contributed by atoms with van der Waals surface area (Å²) in [6.45, 7) is 0.266. The smallest absolute Gasteiger partial charge is 0.254 e. The van der Waals surface area contributed by atoms with Gasteiger partial charge in [-0.15, -0.1) is 0 Å². The van der Waals surface area contributed by atoms with Gasteiger partial charge >= 0.3 is 0 Å². The van der Waals surface area contributed by atoms with Crippen molar-refractivity contribution in [2.24, 2.45) is 0 Å². The van der Waals surface area contributed by atoms with Gasteiger partial charge in [-0.05, 0) is 30.7 Å². The molecule has 0 bridgehead atoms. The summed E-state index contributed by atoms with van der Waals surface area (Å²) in [5.74, 6) is -0.222. The molecule has 3 aromatic rings. The molecule has 0 saturated carbocycles. The molecule has 0 radical (unpaired) electrons. The fourth-order valence-corrected chi connectivity index (χ4v) is 3.15. The zero-order chi connectivity index (χ0) is 19.5. The fourth-order valence-electron chi connectivity index (χ4n) is 3.15. The summed E-state index contributed by atoms with van der Waals surface area (Å²) in [5, 5.41) is 8.19. The minimum atomic E-state index is -0.767. The number of fused-ring (bicyclic) bond motifs is 2. The molecule has 0 aliphatic carbocycles. The van der Waals surface area contributed by atoms with E-state index in [0.717, 1.165) is 11.0 Å². The van der Waals surface area contributed by atoms with Gasteiger partial charge in [-0.2, -0.15) is 0 Å². The molecule has 1 aromatic heterocycles. The van der Waals surface area contributed by atoms with Crippen LogP contribution in [0.5, 0.6) is 0 Å². The van der Waals surface area contributed by atoms with Gasteiger partial charge in [0, 0.05) is 6.42 Å². The molecule has 142 valence electrons. The summed E-state index contributed by atoms with van der Waals surface area (Å²) in [4.78, 5) is 44.3. The van der Waals surface area contributed by atoms with Crippen LogP contribution in [0.3, 0.4) is 0 Å². The monoisotopic (exact) mass is 377 g/mol. The van der Waals surface area contributed by atoms with Gasteiger partial charge in [-0.1, -0.05) is 24.3 Å². The van der Waals surface area contributed by atoms with E-state index in [-0.39, 0.29) is 37.1 Å². The van der Waals surface area contributed by atoms with E-state index in [1.54, 1.807) is 24.3 Å². The first-order chi connectivity index (χ1) is 13.6. The summed E-state index contributed by atoms with van der Waals surface area (Å²) in [6.07, 6.45) is 0.312. The minimum absolute atomic E-state index is 0.106. The molecule has 4 rings (SSSR count). The van der Waals surface area contributed by atoms with Crippen molar-refractivity contribution in [1.82, 2.24) is 20.6 Å². The highest BCUT2D eigenvalue weighted by molar-refractivity contribution is 6.09. The van der Waals surface area contributed by atoms with Crippen LogP contribution in [-0.2, 0) is 16.1 Å². The maximum absolute atomic E-state index is 12.3. The van der Waals surface area contributed by atoms with E-state index >= 15 is 0 Å². The van der Waals surface area contributed by atoms with Crippen LogP contribution in [-0.4, -0.2) is 33.7 Å². The predicted octanol–water partition coefficient (Wildman–Crippen LogP) is 1.71. The topological polar surface area (TPSA) is 116 Å². The Bertz CT molecular complexity index is 1030. The minimum Gasteiger partial charge on any atom is -0.349 e. The Labute approximate surface area is 160 Å². The SMILES string of the molecule is O=C(CC[C@@H]1NC(=O)c2ccccc2NC1=O)NCc1nc2ccccc2[nH]1. The number of hydrogen-bond donors (Lipinski definition) is 4. The normalized spacial score (nSPS) is 16.1. The molecular weight excluding hydrogens is 358 g/mol. The number of amides is 3. The Morgan fingerprint density at radius 2 is 1.86 bits per heavy atom. The second-order valence-corrected chi connectivity index (χ2v) is 6.58. The summed E-state index contributed by atoms with van der Waals surface area (Å²) in [7, 11) is 0. The quantitative estimate of drug-likeness (QED) is 0.542. The van der Waals surface area contributed by atoms with E-state index in [1.807, 2.05) is 24.3 Å². The Kier molecular flexibility index (Phi) is 4.76. The first-order valence-electron chi connectivity index (χ1n) is 9.01. The number of nitrogens with one attached hydrogen (secondary N) is 4. The van der Waals surface area contributed by atoms with Gasteiger partial charge in [0.15, 0.2) is 0 Å².